The van der Waals surface area contributed by atoms with Crippen molar-refractivity contribution in [3.63, 3.8) is 0 Å². The number of hydrogen-bond acceptors (Lipinski definition) is 2. The molecule has 272 valence electrons. The lowest BCUT2D eigenvalue weighted by Crippen LogP contribution is -2.34. The van der Waals surface area contributed by atoms with Gasteiger partial charge in [-0.25, -0.2) is 4.99 Å². The first-order valence-electron chi connectivity index (χ1n) is 19.8. The lowest BCUT2D eigenvalue weighted by Gasteiger charge is -2.37. The van der Waals surface area contributed by atoms with Crippen molar-refractivity contribution in [2.75, 3.05) is 6.54 Å². The van der Waals surface area contributed by atoms with Crippen LogP contribution in [-0.2, 0) is 5.41 Å². The van der Waals surface area contributed by atoms with Crippen LogP contribution in [0.3, 0.4) is 0 Å². The maximum absolute atomic E-state index is 5.55. The number of fused-ring (bicyclic) bond motifs is 4. The van der Waals surface area contributed by atoms with Crippen molar-refractivity contribution in [1.82, 2.24) is 4.57 Å². The largest absolute Gasteiger partial charge is 0.309 e. The van der Waals surface area contributed by atoms with E-state index in [1.807, 2.05) is 0 Å². The van der Waals surface area contributed by atoms with E-state index in [2.05, 4.69) is 224 Å². The highest BCUT2D eigenvalue weighted by Gasteiger charge is 2.40. The average molecular weight is 732 g/mol. The van der Waals surface area contributed by atoms with Crippen LogP contribution in [-0.4, -0.2) is 22.7 Å². The Hall–Kier alpha value is -7.10. The van der Waals surface area contributed by atoms with Crippen LogP contribution >= 0.6 is 0 Å². The van der Waals surface area contributed by atoms with E-state index in [0.29, 0.717) is 6.54 Å². The van der Waals surface area contributed by atoms with Crippen molar-refractivity contribution in [1.29, 1.82) is 0 Å². The molecule has 10 rings (SSSR count). The van der Waals surface area contributed by atoms with Crippen LogP contribution in [0.15, 0.2) is 222 Å². The van der Waals surface area contributed by atoms with Crippen molar-refractivity contribution in [3.8, 4) is 16.8 Å². The summed E-state index contributed by atoms with van der Waals surface area (Å²) in [5.74, 6) is 0.726. The predicted octanol–water partition coefficient (Wildman–Crippen LogP) is 12.8. The highest BCUT2D eigenvalue weighted by molar-refractivity contribution is 6.15. The summed E-state index contributed by atoms with van der Waals surface area (Å²) < 4.78 is 2.36. The summed E-state index contributed by atoms with van der Waals surface area (Å²) >= 11 is 0. The van der Waals surface area contributed by atoms with Gasteiger partial charge in [0.25, 0.3) is 0 Å². The molecule has 0 fully saturated rings. The Morgan fingerprint density at radius 1 is 0.456 bits per heavy atom. The van der Waals surface area contributed by atoms with E-state index in [1.165, 1.54) is 44.1 Å². The number of amidine groups is 1. The first-order chi connectivity index (χ1) is 28.2. The van der Waals surface area contributed by atoms with Gasteiger partial charge in [-0.05, 0) is 63.2 Å². The monoisotopic (exact) mass is 731 g/mol. The molecule has 0 bridgehead atoms. The normalized spacial score (nSPS) is 15.2. The van der Waals surface area contributed by atoms with E-state index < -0.39 is 5.41 Å². The van der Waals surface area contributed by atoms with Crippen LogP contribution in [0.2, 0.25) is 0 Å². The minimum Gasteiger partial charge on any atom is -0.309 e. The topological polar surface area (TPSA) is 29.6 Å². The summed E-state index contributed by atoms with van der Waals surface area (Å²) in [6, 6.07) is 76.3. The molecule has 0 N–H and O–H groups in total. The van der Waals surface area contributed by atoms with Crippen LogP contribution in [0.1, 0.15) is 46.2 Å². The number of aromatic nitrogens is 1. The molecule has 1 atom stereocenters. The molecular weight excluding hydrogens is 691 g/mol. The number of nitrogens with zero attached hydrogens (tertiary/aromatic N) is 3. The highest BCUT2D eigenvalue weighted by atomic mass is 15.0. The van der Waals surface area contributed by atoms with Crippen LogP contribution < -0.4 is 0 Å². The number of rotatable bonds is 6. The van der Waals surface area contributed by atoms with Gasteiger partial charge in [-0.1, -0.05) is 195 Å². The smallest absolute Gasteiger partial charge is 0.154 e. The number of benzene rings is 8. The minimum atomic E-state index is -0.543. The molecule has 1 aliphatic heterocycles. The Labute approximate surface area is 334 Å². The maximum Gasteiger partial charge on any atom is 0.154 e. The molecule has 1 aliphatic rings. The molecule has 0 spiro atoms. The molecule has 1 aromatic heterocycles. The van der Waals surface area contributed by atoms with Crippen LogP contribution in [0.4, 0.5) is 0 Å². The molecule has 0 radical (unpaired) electrons. The molecular formula is C54H41N3. The third-order valence-electron chi connectivity index (χ3n) is 11.8. The summed E-state index contributed by atoms with van der Waals surface area (Å²) in [6.07, 6.45) is 0. The van der Waals surface area contributed by atoms with Gasteiger partial charge in [0.2, 0.25) is 0 Å². The fourth-order valence-electron chi connectivity index (χ4n) is 8.94. The van der Waals surface area contributed by atoms with Crippen molar-refractivity contribution in [2.45, 2.75) is 18.3 Å². The van der Waals surface area contributed by atoms with Gasteiger partial charge in [-0.2, -0.15) is 0 Å². The van der Waals surface area contributed by atoms with Gasteiger partial charge in [0.15, 0.2) is 5.84 Å². The Morgan fingerprint density at radius 2 is 0.930 bits per heavy atom. The highest BCUT2D eigenvalue weighted by Crippen LogP contribution is 2.44. The van der Waals surface area contributed by atoms with Gasteiger partial charge < -0.3 is 4.57 Å². The Kier molecular flexibility index (Phi) is 8.76. The van der Waals surface area contributed by atoms with Gasteiger partial charge in [0.1, 0.15) is 0 Å². The lowest BCUT2D eigenvalue weighted by molar-refractivity contribution is 0.622. The molecule has 57 heavy (non-hydrogen) atoms. The summed E-state index contributed by atoms with van der Waals surface area (Å²) in [5, 5.41) is 2.53. The van der Waals surface area contributed by atoms with Crippen molar-refractivity contribution < 1.29 is 0 Å². The Bertz CT molecular complexity index is 2810. The molecule has 0 saturated carbocycles. The zero-order valence-electron chi connectivity index (χ0n) is 31.8. The van der Waals surface area contributed by atoms with Gasteiger partial charge >= 0.3 is 0 Å². The third kappa shape index (κ3) is 6.00. The molecule has 8 aromatic carbocycles. The van der Waals surface area contributed by atoms with Crippen LogP contribution in [0.25, 0.3) is 38.6 Å². The molecule has 3 heteroatoms. The average Bonchev–Trinajstić information content (AvgIpc) is 3.65. The first kappa shape index (κ1) is 34.4. The maximum atomic E-state index is 5.55. The second-order valence-corrected chi connectivity index (χ2v) is 14.9. The first-order valence-corrected chi connectivity index (χ1v) is 19.8. The summed E-state index contributed by atoms with van der Waals surface area (Å²) in [4.78, 5) is 11.1. The zero-order chi connectivity index (χ0) is 38.2. The molecule has 3 nitrogen and oxygen atoms in total. The zero-order valence-corrected chi connectivity index (χ0v) is 31.8. The van der Waals surface area contributed by atoms with Crippen LogP contribution in [0, 0.1) is 0 Å². The van der Waals surface area contributed by atoms with E-state index in [9.17, 15) is 0 Å². The molecule has 0 aliphatic carbocycles. The molecule has 0 amide bonds. The molecule has 2 heterocycles. The fraction of sp³-hybridized carbons (Fsp3) is 0.0741. The second kappa shape index (κ2) is 14.5. The molecule has 9 aromatic rings. The fourth-order valence-corrected chi connectivity index (χ4v) is 8.94. The quantitative estimate of drug-likeness (QED) is 0.163. The Morgan fingerprint density at radius 3 is 1.53 bits per heavy atom. The molecule has 1 unspecified atom stereocenters. The van der Waals surface area contributed by atoms with Crippen LogP contribution in [0.5, 0.6) is 0 Å². The number of aliphatic imine (C=N–C) groups is 2. The van der Waals surface area contributed by atoms with Gasteiger partial charge in [-0.3, -0.25) is 4.99 Å². The summed E-state index contributed by atoms with van der Waals surface area (Å²) in [7, 11) is 0. The predicted molar refractivity (Wildman–Crippen MR) is 238 cm³/mol. The van der Waals surface area contributed by atoms with Gasteiger partial charge in [0, 0.05) is 27.9 Å². The Balaban J connectivity index is 1.09. The lowest BCUT2D eigenvalue weighted by atomic mass is 9.66. The summed E-state index contributed by atoms with van der Waals surface area (Å²) in [6.45, 7) is 2.79. The molecule has 0 saturated heterocycles. The van der Waals surface area contributed by atoms with E-state index in [4.69, 9.17) is 9.98 Å². The van der Waals surface area contributed by atoms with E-state index >= 15 is 0 Å². The van der Waals surface area contributed by atoms with E-state index in [0.717, 1.165) is 39.5 Å². The second-order valence-electron chi connectivity index (χ2n) is 14.9. The third-order valence-corrected chi connectivity index (χ3v) is 11.8. The minimum absolute atomic E-state index is 0.00831. The van der Waals surface area contributed by atoms with Crippen molar-refractivity contribution in [3.05, 3.63) is 246 Å². The standard InChI is InChI=1S/C54H41N3/c1-38-46-23-11-14-26-49(46)54(43-19-7-3-8-20-43,44-21-9-4-10-22-44)37-55-53(56-52(38)41-17-5-2-6-18-41)42-31-29-39(30-32-42)40-33-35-45(36-34-40)57-50-27-15-12-24-47(50)48-25-13-16-28-51(48)57/h2-36,38H,37H2,1H3. The van der Waals surface area contributed by atoms with Gasteiger partial charge in [-0.15, -0.1) is 0 Å². The number of para-hydroxylation sites is 2. The van der Waals surface area contributed by atoms with E-state index in [1.54, 1.807) is 0 Å². The SMILES string of the molecule is CC1C(c2ccccc2)=NC(c2ccc(-c3ccc(-n4c5ccccc5c5ccccc54)cc3)cc2)=NCC(c2ccccc2)(c2ccccc2)c2ccccc21. The van der Waals surface area contributed by atoms with Crippen molar-refractivity contribution in [2.24, 2.45) is 9.98 Å². The number of hydrogen-bond donors (Lipinski definition) is 0. The van der Waals surface area contributed by atoms with Crippen molar-refractivity contribution >= 4 is 33.4 Å². The van der Waals surface area contributed by atoms with E-state index in [-0.39, 0.29) is 5.92 Å². The van der Waals surface area contributed by atoms with Gasteiger partial charge in [0.05, 0.1) is 28.7 Å². The summed E-state index contributed by atoms with van der Waals surface area (Å²) in [5.41, 5.74) is 13.3.